The Kier molecular flexibility index (Phi) is 25.8. The maximum Gasteiger partial charge on any atom is 0.328 e. The minimum atomic E-state index is -1.15. The molecule has 5 N–H and O–H groups in total. The highest BCUT2D eigenvalue weighted by Gasteiger charge is 2.33. The van der Waals surface area contributed by atoms with Gasteiger partial charge in [-0.05, 0) is 64.0 Å². The van der Waals surface area contributed by atoms with Crippen molar-refractivity contribution in [2.75, 3.05) is 19.7 Å². The van der Waals surface area contributed by atoms with E-state index in [1.807, 2.05) is 0 Å². The van der Waals surface area contributed by atoms with E-state index in [9.17, 15) is 39.5 Å². The Hall–Kier alpha value is -4.24. The van der Waals surface area contributed by atoms with E-state index in [1.165, 1.54) is 103 Å². The van der Waals surface area contributed by atoms with Crippen molar-refractivity contribution in [3.8, 4) is 5.75 Å². The number of esters is 1. The van der Waals surface area contributed by atoms with E-state index < -0.39 is 47.9 Å². The zero-order valence-electron chi connectivity index (χ0n) is 37.7. The molecule has 15 nitrogen and oxygen atoms in total. The first-order valence-corrected chi connectivity index (χ1v) is 23.8. The number of nitrogens with zero attached hydrogens (tertiary/aromatic N) is 3. The minimum Gasteiger partial charge on any atom is -0.507 e. The van der Waals surface area contributed by atoms with Crippen molar-refractivity contribution in [3.63, 3.8) is 0 Å². The lowest BCUT2D eigenvalue weighted by molar-refractivity contribution is -0.167. The molecule has 0 saturated carbocycles. The second kappa shape index (κ2) is 30.7. The Morgan fingerprint density at radius 2 is 1.47 bits per heavy atom. The Morgan fingerprint density at radius 3 is 2.08 bits per heavy atom. The molecule has 0 aromatic heterocycles. The fourth-order valence-electron chi connectivity index (χ4n) is 7.86. The average molecular weight is 872 g/mol. The van der Waals surface area contributed by atoms with Crippen LogP contribution in [-0.4, -0.2) is 105 Å². The standard InChI is InChI=1S/C47H77N5O10/c1-3-4-5-6-7-8-9-10-11-12-13-14-15-16-17-18-19-20-31-43(55)51(59)32-25-24-29-39(49-44(56)40-35-61-45(50-40)37-27-21-22-30-41(37)53)47(58)62-36(2)34-42(54)48-38-28-23-26-33-52(60)46(38)57/h21-22,27,30,36,38-40,53,59-60H,3-20,23-26,28-29,31-35H2,1-2H3,(H,48,54)(H,49,56)/t36-,38+,39+,40+/m1/s1. The van der Waals surface area contributed by atoms with E-state index in [4.69, 9.17) is 9.47 Å². The number of hydrogen-bond acceptors (Lipinski definition) is 11. The molecule has 2 heterocycles. The van der Waals surface area contributed by atoms with Crippen LogP contribution in [0.5, 0.6) is 5.75 Å². The monoisotopic (exact) mass is 872 g/mol. The van der Waals surface area contributed by atoms with Crippen LogP contribution in [0.2, 0.25) is 0 Å². The molecule has 0 unspecified atom stereocenters. The van der Waals surface area contributed by atoms with Crippen LogP contribution in [0.3, 0.4) is 0 Å². The van der Waals surface area contributed by atoms with Gasteiger partial charge in [-0.2, -0.15) is 0 Å². The predicted molar refractivity (Wildman–Crippen MR) is 237 cm³/mol. The number of phenolic OH excluding ortho intramolecular Hbond substituents is 1. The molecule has 1 fully saturated rings. The first-order valence-electron chi connectivity index (χ1n) is 23.8. The summed E-state index contributed by atoms with van der Waals surface area (Å²) in [6.07, 6.45) is 24.2. The molecule has 0 bridgehead atoms. The zero-order chi connectivity index (χ0) is 45.0. The molecule has 3 rings (SSSR count). The van der Waals surface area contributed by atoms with Crippen LogP contribution >= 0.6 is 0 Å². The fourth-order valence-corrected chi connectivity index (χ4v) is 7.86. The van der Waals surface area contributed by atoms with Crippen LogP contribution in [0.15, 0.2) is 29.3 Å². The second-order valence-electron chi connectivity index (χ2n) is 17.1. The summed E-state index contributed by atoms with van der Waals surface area (Å²) in [4.78, 5) is 68.9. The fraction of sp³-hybridized carbons (Fsp3) is 0.745. The number of hydroxylamine groups is 4. The van der Waals surface area contributed by atoms with E-state index in [0.717, 1.165) is 24.3 Å². The van der Waals surface area contributed by atoms with Crippen LogP contribution in [0.1, 0.15) is 186 Å². The number of amides is 4. The highest BCUT2D eigenvalue weighted by molar-refractivity contribution is 6.00. The molecule has 2 aliphatic heterocycles. The average Bonchev–Trinajstić information content (AvgIpc) is 3.69. The molecule has 0 radical (unpaired) electrons. The van der Waals surface area contributed by atoms with Crippen LogP contribution < -0.4 is 10.6 Å². The summed E-state index contributed by atoms with van der Waals surface area (Å²) in [5, 5.41) is 37.1. The number of para-hydroxylation sites is 1. The molecule has 1 aromatic rings. The molecule has 0 spiro atoms. The molecule has 0 aliphatic carbocycles. The number of rotatable bonds is 32. The molecule has 350 valence electrons. The maximum absolute atomic E-state index is 13.4. The van der Waals surface area contributed by atoms with Crippen molar-refractivity contribution < 1.29 is 49.0 Å². The van der Waals surface area contributed by atoms with Gasteiger partial charge in [0, 0.05) is 19.5 Å². The molecule has 62 heavy (non-hydrogen) atoms. The van der Waals surface area contributed by atoms with Gasteiger partial charge in [0.15, 0.2) is 6.04 Å². The van der Waals surface area contributed by atoms with Gasteiger partial charge in [0.2, 0.25) is 23.6 Å². The van der Waals surface area contributed by atoms with E-state index in [2.05, 4.69) is 22.5 Å². The Bertz CT molecular complexity index is 1530. The number of aromatic hydroxyl groups is 1. The van der Waals surface area contributed by atoms with Gasteiger partial charge in [0.05, 0.1) is 12.0 Å². The van der Waals surface area contributed by atoms with Crippen molar-refractivity contribution >= 4 is 35.5 Å². The topological polar surface area (TPSA) is 207 Å². The lowest BCUT2D eigenvalue weighted by Gasteiger charge is -2.23. The third-order valence-electron chi connectivity index (χ3n) is 11.6. The molecular weight excluding hydrogens is 795 g/mol. The lowest BCUT2D eigenvalue weighted by atomic mass is 10.0. The minimum absolute atomic E-state index is 0.0556. The van der Waals surface area contributed by atoms with Gasteiger partial charge in [-0.25, -0.2) is 19.9 Å². The number of aliphatic imine (C=N–C) groups is 1. The normalized spacial score (nSPS) is 17.4. The molecule has 1 saturated heterocycles. The van der Waals surface area contributed by atoms with Gasteiger partial charge in [0.1, 0.15) is 30.5 Å². The maximum atomic E-state index is 13.4. The first kappa shape index (κ1) is 52.1. The molecule has 15 heteroatoms. The predicted octanol–water partition coefficient (Wildman–Crippen LogP) is 8.05. The first-order chi connectivity index (χ1) is 30.0. The van der Waals surface area contributed by atoms with Gasteiger partial charge >= 0.3 is 5.97 Å². The zero-order valence-corrected chi connectivity index (χ0v) is 37.7. The molecule has 4 amide bonds. The molecule has 2 aliphatic rings. The van der Waals surface area contributed by atoms with E-state index in [0.29, 0.717) is 49.2 Å². The Balaban J connectivity index is 1.36. The van der Waals surface area contributed by atoms with Crippen molar-refractivity contribution in [3.05, 3.63) is 29.8 Å². The van der Waals surface area contributed by atoms with Crippen molar-refractivity contribution in [2.45, 2.75) is 205 Å². The Morgan fingerprint density at radius 1 is 0.871 bits per heavy atom. The summed E-state index contributed by atoms with van der Waals surface area (Å²) in [6.45, 7) is 3.91. The number of phenols is 1. The summed E-state index contributed by atoms with van der Waals surface area (Å²) < 4.78 is 11.2. The van der Waals surface area contributed by atoms with Crippen molar-refractivity contribution in [2.24, 2.45) is 4.99 Å². The Labute approximate surface area is 369 Å². The van der Waals surface area contributed by atoms with Crippen LogP contribution in [-0.2, 0) is 33.4 Å². The highest BCUT2D eigenvalue weighted by Crippen LogP contribution is 2.22. The van der Waals surface area contributed by atoms with E-state index in [-0.39, 0.29) is 56.5 Å². The SMILES string of the molecule is CCCCCCCCCCCCCCCCCCCCC(=O)N(O)CCCC[C@H](NC(=O)[C@@H]1COC(c2ccccc2O)=N1)C(=O)O[C@H](C)CC(=O)N[C@H]1CCCCN(O)C1=O. The molecule has 4 atom stereocenters. The summed E-state index contributed by atoms with van der Waals surface area (Å²) in [5.41, 5.74) is 0.325. The summed E-state index contributed by atoms with van der Waals surface area (Å²) >= 11 is 0. The van der Waals surface area contributed by atoms with Gasteiger partial charge in [-0.15, -0.1) is 0 Å². The van der Waals surface area contributed by atoms with Crippen LogP contribution in [0, 0.1) is 0 Å². The largest absolute Gasteiger partial charge is 0.507 e. The molecule has 1 aromatic carbocycles. The van der Waals surface area contributed by atoms with Gasteiger partial charge in [-0.3, -0.25) is 29.6 Å². The summed E-state index contributed by atoms with van der Waals surface area (Å²) in [5.74, 6) is -2.85. The summed E-state index contributed by atoms with van der Waals surface area (Å²) in [7, 11) is 0. The van der Waals surface area contributed by atoms with E-state index in [1.54, 1.807) is 18.2 Å². The number of benzene rings is 1. The van der Waals surface area contributed by atoms with Crippen LogP contribution in [0.4, 0.5) is 0 Å². The number of carbonyl (C=O) groups is 5. The van der Waals surface area contributed by atoms with Crippen molar-refractivity contribution in [1.82, 2.24) is 20.8 Å². The van der Waals surface area contributed by atoms with Crippen LogP contribution in [0.25, 0.3) is 0 Å². The van der Waals surface area contributed by atoms with Gasteiger partial charge < -0.3 is 25.2 Å². The third-order valence-corrected chi connectivity index (χ3v) is 11.6. The number of unbranched alkanes of at least 4 members (excludes halogenated alkanes) is 18. The second-order valence-corrected chi connectivity index (χ2v) is 17.1. The number of carbonyl (C=O) groups excluding carboxylic acids is 5. The highest BCUT2D eigenvalue weighted by atomic mass is 16.5. The number of ether oxygens (including phenoxy) is 2. The third kappa shape index (κ3) is 20.8. The van der Waals surface area contributed by atoms with Gasteiger partial charge in [-0.1, -0.05) is 128 Å². The molecular formula is C47H77N5O10. The van der Waals surface area contributed by atoms with Gasteiger partial charge in [0.25, 0.3) is 5.91 Å². The smallest absolute Gasteiger partial charge is 0.328 e. The van der Waals surface area contributed by atoms with E-state index >= 15 is 0 Å². The van der Waals surface area contributed by atoms with Crippen molar-refractivity contribution in [1.29, 1.82) is 0 Å². The number of hydrogen-bond donors (Lipinski definition) is 5. The quantitative estimate of drug-likeness (QED) is 0.0204. The summed E-state index contributed by atoms with van der Waals surface area (Å²) in [6, 6.07) is 3.39. The lowest BCUT2D eigenvalue weighted by Crippen LogP contribution is -2.48. The number of nitrogens with one attached hydrogen (secondary N) is 2.